The van der Waals surface area contributed by atoms with Crippen LogP contribution in [0.15, 0.2) is 0 Å². The minimum atomic E-state index is -2.61. The number of hydrogen-bond donors (Lipinski definition) is 10. The lowest BCUT2D eigenvalue weighted by molar-refractivity contribution is -0.355. The van der Waals surface area contributed by atoms with E-state index in [1.54, 1.807) is 27.9 Å². The van der Waals surface area contributed by atoms with Crippen LogP contribution in [0.5, 0.6) is 0 Å². The van der Waals surface area contributed by atoms with E-state index in [-0.39, 0.29) is 6.42 Å². The third kappa shape index (κ3) is 8.15. The van der Waals surface area contributed by atoms with Crippen LogP contribution in [-0.4, -0.2) is 187 Å². The molecule has 18 heteroatoms. The summed E-state index contributed by atoms with van der Waals surface area (Å²) in [5, 5.41) is 97.9. The maximum atomic E-state index is 12.5. The summed E-state index contributed by atoms with van der Waals surface area (Å²) in [6.07, 6.45) is -19.8. The van der Waals surface area contributed by atoms with Gasteiger partial charge in [-0.1, -0.05) is 13.8 Å². The minimum Gasteiger partial charge on any atom is -0.477 e. The number of hydrogen-bond acceptors (Lipinski definition) is 16. The number of carbonyl (C=O) groups is 2. The molecule has 0 aromatic rings. The smallest absolute Gasteiger partial charge is 0.364 e. The summed E-state index contributed by atoms with van der Waals surface area (Å²) in [6.45, 7) is 3.11. The molecule has 3 fully saturated rings. The number of aliphatic carboxylic acids is 1. The molecule has 0 aliphatic carbocycles. The first-order valence-corrected chi connectivity index (χ1v) is 15.4. The van der Waals surface area contributed by atoms with Crippen molar-refractivity contribution in [2.45, 2.75) is 137 Å². The Hall–Kier alpha value is -1.62. The van der Waals surface area contributed by atoms with Gasteiger partial charge in [0.05, 0.1) is 43.6 Å². The maximum Gasteiger partial charge on any atom is 0.364 e. The number of nitrogens with one attached hydrogen (secondary N) is 1. The lowest BCUT2D eigenvalue weighted by atomic mass is 9.87. The second-order valence-corrected chi connectivity index (χ2v) is 12.3. The molecule has 3 heterocycles. The van der Waals surface area contributed by atoms with Crippen molar-refractivity contribution in [2.24, 2.45) is 0 Å². The zero-order valence-corrected chi connectivity index (χ0v) is 26.5. The first-order valence-electron chi connectivity index (χ1n) is 15.4. The molecule has 0 radical (unpaired) electrons. The third-order valence-electron chi connectivity index (χ3n) is 8.82. The summed E-state index contributed by atoms with van der Waals surface area (Å²) in [4.78, 5) is 25.8. The van der Waals surface area contributed by atoms with Crippen molar-refractivity contribution in [3.63, 3.8) is 0 Å². The van der Waals surface area contributed by atoms with Gasteiger partial charge in [0.2, 0.25) is 5.91 Å². The third-order valence-corrected chi connectivity index (χ3v) is 8.82. The average Bonchev–Trinajstić information content (AvgIpc) is 3.00. The van der Waals surface area contributed by atoms with Crippen molar-refractivity contribution < 1.29 is 79.2 Å². The predicted molar refractivity (Wildman–Crippen MR) is 153 cm³/mol. The molecule has 3 aliphatic heterocycles. The Labute approximate surface area is 266 Å². The fourth-order valence-corrected chi connectivity index (χ4v) is 6.26. The Morgan fingerprint density at radius 2 is 1.63 bits per heavy atom. The van der Waals surface area contributed by atoms with Crippen LogP contribution in [-0.2, 0) is 33.3 Å². The second-order valence-electron chi connectivity index (χ2n) is 12.3. The van der Waals surface area contributed by atoms with Gasteiger partial charge in [0.25, 0.3) is 5.79 Å². The van der Waals surface area contributed by atoms with E-state index < -0.39 is 129 Å². The number of carbonyl (C=O) groups excluding carboxylic acids is 1. The molecule has 18 nitrogen and oxygen atoms in total. The second kappa shape index (κ2) is 16.2. The van der Waals surface area contributed by atoms with E-state index in [1.807, 2.05) is 0 Å². The summed E-state index contributed by atoms with van der Waals surface area (Å²) in [5.41, 5.74) is 0. The topological polar surface area (TPSA) is 278 Å². The predicted octanol–water partition coefficient (Wildman–Crippen LogP) is -4.78. The molecule has 0 saturated carbocycles. The number of likely N-dealkylation sites (N-methyl/N-ethyl adjacent to an activating group) is 1. The molecule has 10 N–H and O–H groups in total. The van der Waals surface area contributed by atoms with E-state index in [9.17, 15) is 55.5 Å². The normalized spacial score (nSPS) is 43.2. The number of aliphatic hydroxyl groups is 8. The fourth-order valence-electron chi connectivity index (χ4n) is 6.26. The van der Waals surface area contributed by atoms with Crippen molar-refractivity contribution in [2.75, 3.05) is 27.3 Å². The molecule has 0 spiro atoms. The van der Waals surface area contributed by atoms with Gasteiger partial charge in [0, 0.05) is 13.3 Å². The quantitative estimate of drug-likeness (QED) is 0.0880. The van der Waals surface area contributed by atoms with Gasteiger partial charge < -0.3 is 79.9 Å². The molecule has 16 atom stereocenters. The highest BCUT2D eigenvalue weighted by molar-refractivity contribution is 5.76. The Morgan fingerprint density at radius 1 is 0.978 bits per heavy atom. The van der Waals surface area contributed by atoms with Crippen LogP contribution < -0.4 is 5.32 Å². The van der Waals surface area contributed by atoms with Gasteiger partial charge in [0.1, 0.15) is 54.9 Å². The molecular weight excluding hydrogens is 620 g/mol. The average molecular weight is 671 g/mol. The number of carboxylic acid groups (broad SMARTS) is 1. The Morgan fingerprint density at radius 3 is 2.15 bits per heavy atom. The largest absolute Gasteiger partial charge is 0.477 e. The monoisotopic (exact) mass is 670 g/mol. The van der Waals surface area contributed by atoms with E-state index in [0.29, 0.717) is 6.42 Å². The summed E-state index contributed by atoms with van der Waals surface area (Å²) in [7, 11) is 3.14. The molecule has 268 valence electrons. The summed E-state index contributed by atoms with van der Waals surface area (Å²) in [5.74, 6) is -4.79. The van der Waals surface area contributed by atoms with Gasteiger partial charge in [0.15, 0.2) is 6.29 Å². The lowest BCUT2D eigenvalue weighted by Crippen LogP contribution is -2.68. The van der Waals surface area contributed by atoms with Crippen molar-refractivity contribution in [3.05, 3.63) is 0 Å². The zero-order chi connectivity index (χ0) is 34.7. The Balaban J connectivity index is 1.83. The van der Waals surface area contributed by atoms with E-state index in [4.69, 9.17) is 23.7 Å². The molecule has 0 aromatic heterocycles. The maximum absolute atomic E-state index is 12.5. The van der Waals surface area contributed by atoms with Crippen LogP contribution in [0.3, 0.4) is 0 Å². The van der Waals surface area contributed by atoms with Crippen molar-refractivity contribution in [1.29, 1.82) is 0 Å². The standard InChI is InChI=1S/C28H50N2O16/c1-6-12(33)19(35)25-18(30(4)5)13(34)8-28(46-25,27(40)41)42-10-16-20(36)22(38)23(39)26(44-16)45-24-15(9-31)43-14(7-2)17(21(24)37)29-11(3)32/h12-26,31,33-39H,6-10H2,1-5H3,(H,29,32)(H,40,41)/t12-,13-,14?,15?,16?,17-,18-,19-,20+,21-,22+,23?,24-,25?,26+,28-/m1/s1. The Bertz CT molecular complexity index is 1010. The van der Waals surface area contributed by atoms with Crippen molar-refractivity contribution >= 4 is 11.9 Å². The molecule has 46 heavy (non-hydrogen) atoms. The fraction of sp³-hybridized carbons (Fsp3) is 0.929. The highest BCUT2D eigenvalue weighted by atomic mass is 16.8. The molecule has 0 aromatic carbocycles. The summed E-state index contributed by atoms with van der Waals surface area (Å²) >= 11 is 0. The lowest BCUT2D eigenvalue weighted by Gasteiger charge is -2.49. The van der Waals surface area contributed by atoms with Crippen LogP contribution >= 0.6 is 0 Å². The van der Waals surface area contributed by atoms with Crippen LogP contribution in [0.4, 0.5) is 0 Å². The van der Waals surface area contributed by atoms with E-state index in [2.05, 4.69) is 5.32 Å². The van der Waals surface area contributed by atoms with Crippen LogP contribution in [0.1, 0.15) is 40.0 Å². The molecular formula is C28H50N2O16. The van der Waals surface area contributed by atoms with Crippen LogP contribution in [0.2, 0.25) is 0 Å². The van der Waals surface area contributed by atoms with Crippen LogP contribution in [0, 0.1) is 0 Å². The highest BCUT2D eigenvalue weighted by Crippen LogP contribution is 2.37. The number of ether oxygens (including phenoxy) is 5. The van der Waals surface area contributed by atoms with E-state index >= 15 is 0 Å². The van der Waals surface area contributed by atoms with E-state index in [1.165, 1.54) is 11.8 Å². The number of rotatable bonds is 13. The van der Waals surface area contributed by atoms with Gasteiger partial charge >= 0.3 is 5.97 Å². The van der Waals surface area contributed by atoms with Crippen molar-refractivity contribution in [3.8, 4) is 0 Å². The van der Waals surface area contributed by atoms with Gasteiger partial charge in [-0.3, -0.25) is 4.79 Å². The number of carboxylic acids is 1. The number of amides is 1. The van der Waals surface area contributed by atoms with Crippen LogP contribution in [0.25, 0.3) is 0 Å². The van der Waals surface area contributed by atoms with E-state index in [0.717, 1.165) is 0 Å². The molecule has 1 amide bonds. The molecule has 3 rings (SSSR count). The SMILES string of the molecule is CCC1OC(CO)[C@@H](O[C@@H]2OC(CO[C@]3(C(=O)O)C[C@@H](O)[C@@H](N(C)C)C([C@H](O)[C@H](O)CC)O3)[C@H](O)[C@H](O)C2O)[C@H](O)[C@@H]1NC(C)=O. The number of nitrogens with zero attached hydrogens (tertiary/aromatic N) is 1. The Kier molecular flexibility index (Phi) is 13.7. The minimum absolute atomic E-state index is 0.0877. The number of aliphatic hydroxyl groups excluding tert-OH is 8. The molecule has 3 saturated heterocycles. The molecule has 3 aliphatic rings. The first kappa shape index (κ1) is 38.8. The van der Waals surface area contributed by atoms with Crippen molar-refractivity contribution in [1.82, 2.24) is 10.2 Å². The summed E-state index contributed by atoms with van der Waals surface area (Å²) in [6, 6.07) is -1.92. The summed E-state index contributed by atoms with van der Waals surface area (Å²) < 4.78 is 28.7. The van der Waals surface area contributed by atoms with Gasteiger partial charge in [-0.15, -0.1) is 0 Å². The van der Waals surface area contributed by atoms with Gasteiger partial charge in [-0.25, -0.2) is 4.79 Å². The zero-order valence-electron chi connectivity index (χ0n) is 26.5. The van der Waals surface area contributed by atoms with Gasteiger partial charge in [-0.05, 0) is 26.9 Å². The molecule has 0 bridgehead atoms. The first-order chi connectivity index (χ1) is 21.5. The highest BCUT2D eigenvalue weighted by Gasteiger charge is 2.57. The van der Waals surface area contributed by atoms with Gasteiger partial charge in [-0.2, -0.15) is 0 Å². The molecule has 5 unspecified atom stereocenters.